The first-order chi connectivity index (χ1) is 9.79. The lowest BCUT2D eigenvalue weighted by atomic mass is 9.96. The Morgan fingerprint density at radius 1 is 1.00 bits per heavy atom. The Hall–Kier alpha value is -1.51. The third kappa shape index (κ3) is 6.19. The first-order valence-corrected chi connectivity index (χ1v) is 7.92. The molecule has 1 rings (SSSR count). The zero-order valence-corrected chi connectivity index (χ0v) is 14.1. The predicted molar refractivity (Wildman–Crippen MR) is 90.1 cm³/mol. The van der Waals surface area contributed by atoms with E-state index in [1.54, 1.807) is 0 Å². The van der Waals surface area contributed by atoms with E-state index in [1.807, 2.05) is 29.2 Å². The summed E-state index contributed by atoms with van der Waals surface area (Å²) in [6.07, 6.45) is 0.559. The zero-order chi connectivity index (χ0) is 16.0. The van der Waals surface area contributed by atoms with Gasteiger partial charge in [0, 0.05) is 25.2 Å². The monoisotopic (exact) mass is 290 g/mol. The fraction of sp³-hybridized carbons (Fsp3) is 0.611. The number of nitrogens with zero attached hydrogens (tertiary/aromatic N) is 1. The molecule has 0 aliphatic heterocycles. The molecule has 0 aliphatic rings. The molecular formula is C18H30N2O. The van der Waals surface area contributed by atoms with Crippen LogP contribution in [-0.2, 0) is 4.79 Å². The van der Waals surface area contributed by atoms with Gasteiger partial charge in [0.25, 0.3) is 0 Å². The summed E-state index contributed by atoms with van der Waals surface area (Å²) in [5.41, 5.74) is 7.65. The van der Waals surface area contributed by atoms with Crippen LogP contribution >= 0.6 is 0 Å². The van der Waals surface area contributed by atoms with Crippen molar-refractivity contribution in [1.29, 1.82) is 0 Å². The molecule has 1 atom stereocenters. The smallest absolute Gasteiger partial charge is 0.223 e. The molecule has 3 nitrogen and oxygen atoms in total. The summed E-state index contributed by atoms with van der Waals surface area (Å²) in [6, 6.07) is 7.83. The van der Waals surface area contributed by atoms with E-state index in [9.17, 15) is 4.79 Å². The lowest BCUT2D eigenvalue weighted by Crippen LogP contribution is -2.37. The Morgan fingerprint density at radius 2 is 1.48 bits per heavy atom. The maximum Gasteiger partial charge on any atom is 0.223 e. The van der Waals surface area contributed by atoms with Crippen LogP contribution in [0.5, 0.6) is 0 Å². The number of benzene rings is 1. The van der Waals surface area contributed by atoms with Crippen LogP contribution in [0.3, 0.4) is 0 Å². The van der Waals surface area contributed by atoms with Crippen LogP contribution in [-0.4, -0.2) is 23.9 Å². The minimum atomic E-state index is 0.222. The molecule has 0 heterocycles. The number of hydrogen-bond donors (Lipinski definition) is 1. The van der Waals surface area contributed by atoms with Crippen molar-refractivity contribution < 1.29 is 4.79 Å². The van der Waals surface area contributed by atoms with E-state index in [2.05, 4.69) is 34.6 Å². The maximum absolute atomic E-state index is 12.6. The molecule has 0 fully saturated rings. The van der Waals surface area contributed by atoms with Crippen molar-refractivity contribution in [3.8, 4) is 0 Å². The average Bonchev–Trinajstić information content (AvgIpc) is 2.37. The second-order valence-corrected chi connectivity index (χ2v) is 6.86. The van der Waals surface area contributed by atoms with E-state index in [-0.39, 0.29) is 11.8 Å². The highest BCUT2D eigenvalue weighted by molar-refractivity contribution is 5.77. The number of nitrogen functional groups attached to an aromatic ring is 1. The highest BCUT2D eigenvalue weighted by Crippen LogP contribution is 2.21. The van der Waals surface area contributed by atoms with Gasteiger partial charge in [-0.3, -0.25) is 4.79 Å². The highest BCUT2D eigenvalue weighted by atomic mass is 16.2. The lowest BCUT2D eigenvalue weighted by Gasteiger charge is -2.27. The van der Waals surface area contributed by atoms with Gasteiger partial charge in [0.2, 0.25) is 5.91 Å². The van der Waals surface area contributed by atoms with E-state index in [4.69, 9.17) is 5.73 Å². The Bertz CT molecular complexity index is 427. The number of amides is 1. The summed E-state index contributed by atoms with van der Waals surface area (Å²) in [5, 5.41) is 0. The molecule has 0 aliphatic carbocycles. The van der Waals surface area contributed by atoms with Gasteiger partial charge in [0.1, 0.15) is 0 Å². The number of nitrogens with two attached hydrogens (primary N) is 1. The third-order valence-corrected chi connectivity index (χ3v) is 3.51. The summed E-state index contributed by atoms with van der Waals surface area (Å²) in [4.78, 5) is 14.6. The minimum absolute atomic E-state index is 0.222. The topological polar surface area (TPSA) is 46.3 Å². The standard InChI is InChI=1S/C18H30N2O/c1-13(2)11-20(12-14(3)4)18(21)10-15(5)16-6-8-17(19)9-7-16/h6-9,13-15H,10-12,19H2,1-5H3. The second-order valence-electron chi connectivity index (χ2n) is 6.86. The van der Waals surface area contributed by atoms with Crippen LogP contribution in [0.25, 0.3) is 0 Å². The second kappa shape index (κ2) is 8.06. The molecule has 2 N–H and O–H groups in total. The zero-order valence-electron chi connectivity index (χ0n) is 14.1. The van der Waals surface area contributed by atoms with Crippen LogP contribution in [0.15, 0.2) is 24.3 Å². The minimum Gasteiger partial charge on any atom is -0.399 e. The number of anilines is 1. The molecule has 0 saturated carbocycles. The molecule has 0 spiro atoms. The van der Waals surface area contributed by atoms with E-state index < -0.39 is 0 Å². The molecule has 1 aromatic carbocycles. The van der Waals surface area contributed by atoms with E-state index in [0.29, 0.717) is 18.3 Å². The van der Waals surface area contributed by atoms with Gasteiger partial charge in [0.05, 0.1) is 0 Å². The van der Waals surface area contributed by atoms with E-state index >= 15 is 0 Å². The Morgan fingerprint density at radius 3 is 1.90 bits per heavy atom. The first-order valence-electron chi connectivity index (χ1n) is 7.92. The molecule has 0 radical (unpaired) electrons. The Balaban J connectivity index is 2.68. The highest BCUT2D eigenvalue weighted by Gasteiger charge is 2.19. The Kier molecular flexibility index (Phi) is 6.73. The van der Waals surface area contributed by atoms with Gasteiger partial charge in [0.15, 0.2) is 0 Å². The number of carbonyl (C=O) groups excluding carboxylic acids is 1. The fourth-order valence-corrected chi connectivity index (χ4v) is 2.49. The summed E-state index contributed by atoms with van der Waals surface area (Å²) in [6.45, 7) is 12.4. The van der Waals surface area contributed by atoms with Crippen molar-refractivity contribution in [3.05, 3.63) is 29.8 Å². The molecule has 1 amide bonds. The fourth-order valence-electron chi connectivity index (χ4n) is 2.49. The van der Waals surface area contributed by atoms with E-state index in [1.165, 1.54) is 5.56 Å². The van der Waals surface area contributed by atoms with Crippen molar-refractivity contribution in [3.63, 3.8) is 0 Å². The van der Waals surface area contributed by atoms with Gasteiger partial charge in [-0.2, -0.15) is 0 Å². The third-order valence-electron chi connectivity index (χ3n) is 3.51. The van der Waals surface area contributed by atoms with Crippen LogP contribution in [0.4, 0.5) is 5.69 Å². The molecular weight excluding hydrogens is 260 g/mol. The number of rotatable bonds is 7. The van der Waals surface area contributed by atoms with Gasteiger partial charge in [-0.05, 0) is 35.4 Å². The molecule has 21 heavy (non-hydrogen) atoms. The molecule has 0 aromatic heterocycles. The summed E-state index contributed by atoms with van der Waals surface area (Å²) >= 11 is 0. The van der Waals surface area contributed by atoms with Crippen molar-refractivity contribution in [2.45, 2.75) is 47.0 Å². The molecule has 0 saturated heterocycles. The van der Waals surface area contributed by atoms with Crippen LogP contribution in [0.2, 0.25) is 0 Å². The van der Waals surface area contributed by atoms with Crippen molar-refractivity contribution in [2.75, 3.05) is 18.8 Å². The number of carbonyl (C=O) groups is 1. The van der Waals surface area contributed by atoms with Crippen molar-refractivity contribution in [2.24, 2.45) is 11.8 Å². The average molecular weight is 290 g/mol. The van der Waals surface area contributed by atoms with Gasteiger partial charge >= 0.3 is 0 Å². The normalized spacial score (nSPS) is 12.7. The van der Waals surface area contributed by atoms with Gasteiger partial charge in [-0.25, -0.2) is 0 Å². The number of hydrogen-bond acceptors (Lipinski definition) is 2. The van der Waals surface area contributed by atoms with Crippen molar-refractivity contribution in [1.82, 2.24) is 4.90 Å². The van der Waals surface area contributed by atoms with Gasteiger partial charge in [-0.15, -0.1) is 0 Å². The maximum atomic E-state index is 12.6. The predicted octanol–water partition coefficient (Wildman–Crippen LogP) is 3.90. The molecule has 118 valence electrons. The van der Waals surface area contributed by atoms with Crippen molar-refractivity contribution >= 4 is 11.6 Å². The van der Waals surface area contributed by atoms with Gasteiger partial charge < -0.3 is 10.6 Å². The summed E-state index contributed by atoms with van der Waals surface area (Å²) in [7, 11) is 0. The largest absolute Gasteiger partial charge is 0.399 e. The summed E-state index contributed by atoms with van der Waals surface area (Å²) < 4.78 is 0. The van der Waals surface area contributed by atoms with Crippen LogP contribution in [0, 0.1) is 11.8 Å². The van der Waals surface area contributed by atoms with E-state index in [0.717, 1.165) is 18.8 Å². The van der Waals surface area contributed by atoms with Gasteiger partial charge in [-0.1, -0.05) is 46.8 Å². The molecule has 1 aromatic rings. The molecule has 1 unspecified atom stereocenters. The van der Waals surface area contributed by atoms with Crippen LogP contribution < -0.4 is 5.73 Å². The molecule has 0 bridgehead atoms. The Labute approximate surface area is 129 Å². The molecule has 3 heteroatoms. The first kappa shape index (κ1) is 17.5. The lowest BCUT2D eigenvalue weighted by molar-refractivity contribution is -0.132. The quantitative estimate of drug-likeness (QED) is 0.774. The SMILES string of the molecule is CC(C)CN(CC(C)C)C(=O)CC(C)c1ccc(N)cc1. The summed E-state index contributed by atoms with van der Waals surface area (Å²) in [5.74, 6) is 1.47. The van der Waals surface area contributed by atoms with Crippen LogP contribution in [0.1, 0.15) is 52.5 Å².